The smallest absolute Gasteiger partial charge is 0 e. The summed E-state index contributed by atoms with van der Waals surface area (Å²) in [6.45, 7) is 0. The van der Waals surface area contributed by atoms with Gasteiger partial charge in [0.05, 0.1) is 0 Å². The largest absolute Gasteiger partial charge is 0.412 e. The van der Waals surface area contributed by atoms with Crippen molar-refractivity contribution in [3.8, 4) is 0 Å². The van der Waals surface area contributed by atoms with Crippen molar-refractivity contribution in [1.29, 1.82) is 0 Å². The predicted octanol–water partition coefficient (Wildman–Crippen LogP) is -5.33. The molecule has 0 aliphatic carbocycles. The number of hydrogen-bond acceptors (Lipinski definition) is 0. The average Bonchev–Trinajstić information content (AvgIpc) is 0. The zero-order valence-corrected chi connectivity index (χ0v) is 6.35. The van der Waals surface area contributed by atoms with E-state index in [0.717, 1.165) is 0 Å². The molecule has 0 spiro atoms. The Kier molecular flexibility index (Phi) is 96600. The zero-order chi connectivity index (χ0) is 0. The van der Waals surface area contributed by atoms with Crippen LogP contribution in [0.2, 0.25) is 0 Å². The molecule has 0 heterocycles. The molecule has 0 unspecified atom stereocenters. The SMILES string of the molecule is O.O.O.O.O.O.[Sn]. The third kappa shape index (κ3) is 437. The summed E-state index contributed by atoms with van der Waals surface area (Å²) >= 11 is 0. The standard InChI is InChI=1S/6H2O.Sn/h6*1H2;. The summed E-state index contributed by atoms with van der Waals surface area (Å²) in [5.41, 5.74) is 0. The van der Waals surface area contributed by atoms with Gasteiger partial charge in [0.25, 0.3) is 0 Å². The predicted molar refractivity (Wildman–Crippen MR) is 27.4 cm³/mol. The number of rotatable bonds is 0. The first kappa shape index (κ1) is 1040. The Bertz CT molecular complexity index is 4.14. The van der Waals surface area contributed by atoms with E-state index in [9.17, 15) is 0 Å². The molecular weight excluding hydrogens is 215 g/mol. The Labute approximate surface area is 57.3 Å². The zero-order valence-electron chi connectivity index (χ0n) is 3.50. The molecule has 7 heteroatoms. The molecule has 7 heavy (non-hydrogen) atoms. The van der Waals surface area contributed by atoms with E-state index in [0.29, 0.717) is 0 Å². The Morgan fingerprint density at radius 1 is 0.286 bits per heavy atom. The second-order valence-corrected chi connectivity index (χ2v) is 0. The molecule has 0 aromatic rings. The molecule has 0 amide bonds. The Hall–Kier alpha value is 0.559. The molecule has 52 valence electrons. The van der Waals surface area contributed by atoms with Crippen LogP contribution in [0.4, 0.5) is 0 Å². The van der Waals surface area contributed by atoms with Crippen molar-refractivity contribution in [3.05, 3.63) is 0 Å². The van der Waals surface area contributed by atoms with E-state index in [4.69, 9.17) is 0 Å². The van der Waals surface area contributed by atoms with E-state index in [2.05, 4.69) is 0 Å². The van der Waals surface area contributed by atoms with E-state index < -0.39 is 0 Å². The van der Waals surface area contributed by atoms with Gasteiger partial charge in [-0.25, -0.2) is 0 Å². The van der Waals surface area contributed by atoms with Crippen molar-refractivity contribution < 1.29 is 32.9 Å². The molecule has 0 aliphatic heterocycles. The Morgan fingerprint density at radius 2 is 0.286 bits per heavy atom. The van der Waals surface area contributed by atoms with Crippen LogP contribution < -0.4 is 0 Å². The van der Waals surface area contributed by atoms with Crippen molar-refractivity contribution in [3.63, 3.8) is 0 Å². The molecule has 0 bridgehead atoms. The second kappa shape index (κ2) is 649. The van der Waals surface area contributed by atoms with Crippen LogP contribution >= 0.6 is 0 Å². The Balaban J connectivity index is 0. The van der Waals surface area contributed by atoms with Crippen LogP contribution in [-0.2, 0) is 0 Å². The quantitative estimate of drug-likeness (QED) is 0.357. The topological polar surface area (TPSA) is 189 Å². The Morgan fingerprint density at radius 3 is 0.286 bits per heavy atom. The van der Waals surface area contributed by atoms with Crippen LogP contribution in [0.3, 0.4) is 0 Å². The van der Waals surface area contributed by atoms with Crippen molar-refractivity contribution in [2.75, 3.05) is 0 Å². The van der Waals surface area contributed by atoms with Crippen molar-refractivity contribution in [2.24, 2.45) is 0 Å². The molecule has 0 saturated heterocycles. The molecule has 0 aromatic carbocycles. The van der Waals surface area contributed by atoms with Crippen molar-refractivity contribution >= 4 is 23.9 Å². The van der Waals surface area contributed by atoms with Gasteiger partial charge in [0.15, 0.2) is 0 Å². The van der Waals surface area contributed by atoms with Gasteiger partial charge < -0.3 is 32.9 Å². The molecule has 4 radical (unpaired) electrons. The first-order valence-corrected chi connectivity index (χ1v) is 0. The fraction of sp³-hybridized carbons (Fsp3) is 0. The van der Waals surface area contributed by atoms with Crippen LogP contribution in [0.1, 0.15) is 0 Å². The molecule has 0 atom stereocenters. The van der Waals surface area contributed by atoms with E-state index in [1.807, 2.05) is 0 Å². The summed E-state index contributed by atoms with van der Waals surface area (Å²) in [6.07, 6.45) is 0. The maximum atomic E-state index is 0. The summed E-state index contributed by atoms with van der Waals surface area (Å²) in [6, 6.07) is 0. The van der Waals surface area contributed by atoms with Gasteiger partial charge in [-0.3, -0.25) is 0 Å². The van der Waals surface area contributed by atoms with E-state index >= 15 is 0 Å². The van der Waals surface area contributed by atoms with Crippen LogP contribution in [0.15, 0.2) is 0 Å². The molecule has 12 N–H and O–H groups in total. The van der Waals surface area contributed by atoms with Gasteiger partial charge in [-0.05, 0) is 0 Å². The minimum atomic E-state index is 0. The van der Waals surface area contributed by atoms with Crippen LogP contribution in [0.5, 0.6) is 0 Å². The minimum absolute atomic E-state index is 0. The molecule has 6 nitrogen and oxygen atoms in total. The van der Waals surface area contributed by atoms with E-state index in [1.54, 1.807) is 0 Å². The summed E-state index contributed by atoms with van der Waals surface area (Å²) in [5.74, 6) is 0. The van der Waals surface area contributed by atoms with Crippen molar-refractivity contribution in [1.82, 2.24) is 0 Å². The third-order valence-electron chi connectivity index (χ3n) is 0. The van der Waals surface area contributed by atoms with Crippen LogP contribution in [0.25, 0.3) is 0 Å². The van der Waals surface area contributed by atoms with Crippen LogP contribution in [-0.4, -0.2) is 56.8 Å². The molecule has 0 rings (SSSR count). The first-order chi connectivity index (χ1) is 0. The van der Waals surface area contributed by atoms with Gasteiger partial charge in [0.1, 0.15) is 0 Å². The fourth-order valence-electron chi connectivity index (χ4n) is 0. The maximum Gasteiger partial charge on any atom is 0 e. The maximum absolute atomic E-state index is 0. The summed E-state index contributed by atoms with van der Waals surface area (Å²) in [4.78, 5) is 0. The van der Waals surface area contributed by atoms with Gasteiger partial charge in [0, 0.05) is 23.9 Å². The van der Waals surface area contributed by atoms with Gasteiger partial charge in [-0.15, -0.1) is 0 Å². The van der Waals surface area contributed by atoms with Gasteiger partial charge in [-0.2, -0.15) is 0 Å². The first-order valence-electron chi connectivity index (χ1n) is 0. The average molecular weight is 227 g/mol. The molecule has 0 aromatic heterocycles. The van der Waals surface area contributed by atoms with E-state index in [1.165, 1.54) is 0 Å². The molecule has 0 saturated carbocycles. The van der Waals surface area contributed by atoms with Gasteiger partial charge in [0.2, 0.25) is 0 Å². The van der Waals surface area contributed by atoms with Crippen molar-refractivity contribution in [2.45, 2.75) is 0 Å². The van der Waals surface area contributed by atoms with Crippen LogP contribution in [0, 0.1) is 0 Å². The fourth-order valence-corrected chi connectivity index (χ4v) is 0. The van der Waals surface area contributed by atoms with Gasteiger partial charge >= 0.3 is 0 Å². The minimum Gasteiger partial charge on any atom is -0.412 e. The second-order valence-electron chi connectivity index (χ2n) is 0. The summed E-state index contributed by atoms with van der Waals surface area (Å²) < 4.78 is 0. The van der Waals surface area contributed by atoms with Gasteiger partial charge in [-0.1, -0.05) is 0 Å². The molecule has 0 aliphatic rings. The number of hydrogen-bond donors (Lipinski definition) is 0. The third-order valence-corrected chi connectivity index (χ3v) is 0. The normalized spacial score (nSPS) is 0. The summed E-state index contributed by atoms with van der Waals surface area (Å²) in [7, 11) is 0. The molecule has 0 fully saturated rings. The monoisotopic (exact) mass is 228 g/mol. The summed E-state index contributed by atoms with van der Waals surface area (Å²) in [5, 5.41) is 0. The van der Waals surface area contributed by atoms with E-state index in [-0.39, 0.29) is 56.8 Å². The molecular formula is H12O6Sn.